The second-order valence-corrected chi connectivity index (χ2v) is 7.69. The van der Waals surface area contributed by atoms with Crippen molar-refractivity contribution in [2.75, 3.05) is 13.1 Å². The summed E-state index contributed by atoms with van der Waals surface area (Å²) in [6.07, 6.45) is 2.47. The third-order valence-corrected chi connectivity index (χ3v) is 5.63. The summed E-state index contributed by atoms with van der Waals surface area (Å²) in [5.74, 6) is 1.13. The zero-order chi connectivity index (χ0) is 17.4. The molecule has 1 atom stereocenters. The second kappa shape index (κ2) is 6.69. The molecule has 1 aliphatic rings. The molecule has 6 heteroatoms. The van der Waals surface area contributed by atoms with E-state index in [1.165, 1.54) is 36.3 Å². The number of aromatic nitrogens is 2. The summed E-state index contributed by atoms with van der Waals surface area (Å²) in [6.45, 7) is 5.05. The van der Waals surface area contributed by atoms with E-state index in [4.69, 9.17) is 0 Å². The molecule has 0 amide bonds. The zero-order valence-corrected chi connectivity index (χ0v) is 14.9. The largest absolute Gasteiger partial charge is 0.309 e. The minimum Gasteiger partial charge on any atom is -0.309 e. The molecule has 3 heterocycles. The summed E-state index contributed by atoms with van der Waals surface area (Å²) in [4.78, 5) is 23.3. The Labute approximate surface area is 149 Å². The van der Waals surface area contributed by atoms with Crippen LogP contribution in [0.4, 0.5) is 4.39 Å². The average Bonchev–Trinajstić information content (AvgIpc) is 3.00. The van der Waals surface area contributed by atoms with Crippen LogP contribution in [-0.2, 0) is 6.54 Å². The summed E-state index contributed by atoms with van der Waals surface area (Å²) in [7, 11) is 0. The Kier molecular flexibility index (Phi) is 4.39. The van der Waals surface area contributed by atoms with Crippen molar-refractivity contribution >= 4 is 21.6 Å². The van der Waals surface area contributed by atoms with Crippen molar-refractivity contribution in [2.45, 2.75) is 26.3 Å². The number of H-pyrrole nitrogens is 1. The highest BCUT2D eigenvalue weighted by Gasteiger charge is 2.18. The number of aromatic amines is 1. The van der Waals surface area contributed by atoms with Crippen LogP contribution in [0, 0.1) is 11.7 Å². The number of likely N-dealkylation sites (tertiary alicyclic amines) is 1. The number of thiophene rings is 1. The quantitative estimate of drug-likeness (QED) is 0.770. The van der Waals surface area contributed by atoms with E-state index in [0.717, 1.165) is 34.9 Å². The number of nitrogens with zero attached hydrogens (tertiary/aromatic N) is 2. The van der Waals surface area contributed by atoms with Crippen molar-refractivity contribution in [2.24, 2.45) is 5.92 Å². The van der Waals surface area contributed by atoms with Crippen LogP contribution in [0.1, 0.15) is 25.6 Å². The van der Waals surface area contributed by atoms with Crippen molar-refractivity contribution in [1.82, 2.24) is 14.9 Å². The predicted molar refractivity (Wildman–Crippen MR) is 99.3 cm³/mol. The van der Waals surface area contributed by atoms with E-state index < -0.39 is 0 Å². The van der Waals surface area contributed by atoms with Gasteiger partial charge in [0.1, 0.15) is 16.5 Å². The molecule has 0 aliphatic carbocycles. The summed E-state index contributed by atoms with van der Waals surface area (Å²) in [6, 6.07) is 6.21. The molecule has 0 bridgehead atoms. The average molecular weight is 357 g/mol. The lowest BCUT2D eigenvalue weighted by Gasteiger charge is -2.30. The van der Waals surface area contributed by atoms with Crippen LogP contribution in [-0.4, -0.2) is 28.0 Å². The minimum atomic E-state index is -0.284. The van der Waals surface area contributed by atoms with Crippen LogP contribution in [0.25, 0.3) is 21.3 Å². The van der Waals surface area contributed by atoms with E-state index in [0.29, 0.717) is 17.8 Å². The van der Waals surface area contributed by atoms with Crippen molar-refractivity contribution in [3.05, 3.63) is 51.6 Å². The van der Waals surface area contributed by atoms with Crippen molar-refractivity contribution < 1.29 is 4.39 Å². The van der Waals surface area contributed by atoms with Gasteiger partial charge in [-0.05, 0) is 43.0 Å². The number of benzene rings is 1. The van der Waals surface area contributed by atoms with E-state index in [9.17, 15) is 9.18 Å². The maximum absolute atomic E-state index is 13.1. The molecule has 1 aromatic carbocycles. The maximum Gasteiger partial charge on any atom is 0.260 e. The molecule has 1 fully saturated rings. The van der Waals surface area contributed by atoms with E-state index in [1.807, 2.05) is 5.38 Å². The molecule has 3 aromatic rings. The maximum atomic E-state index is 13.1. The molecule has 130 valence electrons. The van der Waals surface area contributed by atoms with Gasteiger partial charge in [-0.3, -0.25) is 9.69 Å². The minimum absolute atomic E-state index is 0.120. The summed E-state index contributed by atoms with van der Waals surface area (Å²) < 4.78 is 13.1. The van der Waals surface area contributed by atoms with Gasteiger partial charge in [0.25, 0.3) is 5.56 Å². The number of hydrogen-bond donors (Lipinski definition) is 1. The fourth-order valence-corrected chi connectivity index (χ4v) is 4.52. The first kappa shape index (κ1) is 16.4. The molecule has 0 radical (unpaired) electrons. The molecular weight excluding hydrogens is 337 g/mol. The molecule has 25 heavy (non-hydrogen) atoms. The molecule has 0 unspecified atom stereocenters. The first-order valence-corrected chi connectivity index (χ1v) is 9.47. The monoisotopic (exact) mass is 357 g/mol. The number of halogens is 1. The molecule has 1 aliphatic heterocycles. The van der Waals surface area contributed by atoms with E-state index in [2.05, 4.69) is 21.8 Å². The molecular formula is C19H20FN3OS. The van der Waals surface area contributed by atoms with E-state index >= 15 is 0 Å². The van der Waals surface area contributed by atoms with Gasteiger partial charge in [0.05, 0.1) is 11.9 Å². The van der Waals surface area contributed by atoms with Gasteiger partial charge >= 0.3 is 0 Å². The Morgan fingerprint density at radius 1 is 1.36 bits per heavy atom. The lowest BCUT2D eigenvalue weighted by Crippen LogP contribution is -2.34. The third-order valence-electron chi connectivity index (χ3n) is 4.76. The Morgan fingerprint density at radius 3 is 2.92 bits per heavy atom. The zero-order valence-electron chi connectivity index (χ0n) is 14.1. The van der Waals surface area contributed by atoms with Crippen LogP contribution in [0.2, 0.25) is 0 Å². The highest BCUT2D eigenvalue weighted by molar-refractivity contribution is 7.17. The lowest BCUT2D eigenvalue weighted by molar-refractivity contribution is 0.173. The Balaban J connectivity index is 1.67. The van der Waals surface area contributed by atoms with Crippen LogP contribution in [0.5, 0.6) is 0 Å². The highest BCUT2D eigenvalue weighted by Crippen LogP contribution is 2.31. The van der Waals surface area contributed by atoms with Gasteiger partial charge in [0.15, 0.2) is 0 Å². The van der Waals surface area contributed by atoms with Gasteiger partial charge in [-0.25, -0.2) is 9.37 Å². The molecule has 1 saturated heterocycles. The molecule has 4 nitrogen and oxygen atoms in total. The number of rotatable bonds is 3. The summed E-state index contributed by atoms with van der Waals surface area (Å²) >= 11 is 1.46. The first-order chi connectivity index (χ1) is 12.1. The standard InChI is InChI=1S/C19H20FN3OS/c1-12-3-2-8-23(9-12)10-16-21-18(24)17-15(11-25-19(17)22-16)13-4-6-14(20)7-5-13/h4-7,11-12H,2-3,8-10H2,1H3,(H,21,22,24)/t12-/m1/s1. The van der Waals surface area contributed by atoms with Crippen LogP contribution in [0.3, 0.4) is 0 Å². The molecule has 0 saturated carbocycles. The topological polar surface area (TPSA) is 49.0 Å². The van der Waals surface area contributed by atoms with Crippen molar-refractivity contribution in [3.8, 4) is 11.1 Å². The Bertz CT molecular complexity index is 947. The fraction of sp³-hybridized carbons (Fsp3) is 0.368. The normalized spacial score (nSPS) is 18.7. The molecule has 0 spiro atoms. The lowest BCUT2D eigenvalue weighted by atomic mass is 10.0. The SMILES string of the molecule is C[C@@H]1CCCN(Cc2nc3scc(-c4ccc(F)cc4)c3c(=O)[nH]2)C1. The van der Waals surface area contributed by atoms with E-state index in [-0.39, 0.29) is 11.4 Å². The van der Waals surface area contributed by atoms with Gasteiger partial charge in [0, 0.05) is 17.5 Å². The van der Waals surface area contributed by atoms with Gasteiger partial charge in [0.2, 0.25) is 0 Å². The van der Waals surface area contributed by atoms with E-state index in [1.54, 1.807) is 12.1 Å². The van der Waals surface area contributed by atoms with Gasteiger partial charge in [-0.15, -0.1) is 11.3 Å². The van der Waals surface area contributed by atoms with Gasteiger partial charge in [-0.2, -0.15) is 0 Å². The molecule has 2 aromatic heterocycles. The number of nitrogens with one attached hydrogen (secondary N) is 1. The smallest absolute Gasteiger partial charge is 0.260 e. The van der Waals surface area contributed by atoms with Crippen LogP contribution < -0.4 is 5.56 Å². The summed E-state index contributed by atoms with van der Waals surface area (Å²) in [5, 5.41) is 2.51. The highest BCUT2D eigenvalue weighted by atomic mass is 32.1. The van der Waals surface area contributed by atoms with Crippen LogP contribution >= 0.6 is 11.3 Å². The van der Waals surface area contributed by atoms with Crippen molar-refractivity contribution in [1.29, 1.82) is 0 Å². The number of piperidine rings is 1. The summed E-state index contributed by atoms with van der Waals surface area (Å²) in [5.41, 5.74) is 1.52. The number of fused-ring (bicyclic) bond motifs is 1. The fourth-order valence-electron chi connectivity index (χ4n) is 3.55. The Hall–Kier alpha value is -2.05. The molecule has 1 N–H and O–H groups in total. The predicted octanol–water partition coefficient (Wildman–Crippen LogP) is 4.02. The van der Waals surface area contributed by atoms with Crippen LogP contribution in [0.15, 0.2) is 34.4 Å². The van der Waals surface area contributed by atoms with Gasteiger partial charge < -0.3 is 4.98 Å². The van der Waals surface area contributed by atoms with Crippen molar-refractivity contribution in [3.63, 3.8) is 0 Å². The Morgan fingerprint density at radius 2 is 2.16 bits per heavy atom. The third kappa shape index (κ3) is 3.37. The molecule has 4 rings (SSSR count). The first-order valence-electron chi connectivity index (χ1n) is 8.59. The second-order valence-electron chi connectivity index (χ2n) is 6.83. The number of hydrogen-bond acceptors (Lipinski definition) is 4. The van der Waals surface area contributed by atoms with Gasteiger partial charge in [-0.1, -0.05) is 19.1 Å².